The third kappa shape index (κ3) is 4.55. The number of aromatic nitrogens is 2. The van der Waals surface area contributed by atoms with E-state index in [1.54, 1.807) is 4.90 Å². The molecule has 7 heteroatoms. The van der Waals surface area contributed by atoms with Crippen LogP contribution in [0.5, 0.6) is 0 Å². The number of nitrogens with one attached hydrogen (secondary N) is 1. The number of fused-ring (bicyclic) bond motifs is 1. The molecule has 0 unspecified atom stereocenters. The highest BCUT2D eigenvalue weighted by molar-refractivity contribution is 6.06. The highest BCUT2D eigenvalue weighted by Gasteiger charge is 2.32. The SMILES string of the molecule is C[C@H]1Cc2ccccc2N1C(=O)c1ccc(=O)n(CCC(=O)NCc2ccccc2)n1. The van der Waals surface area contributed by atoms with E-state index in [2.05, 4.69) is 10.4 Å². The summed E-state index contributed by atoms with van der Waals surface area (Å²) in [5, 5.41) is 7.08. The van der Waals surface area contributed by atoms with Gasteiger partial charge in [0.05, 0.1) is 6.54 Å². The molecule has 0 saturated heterocycles. The second kappa shape index (κ2) is 8.95. The van der Waals surface area contributed by atoms with Crippen molar-refractivity contribution < 1.29 is 9.59 Å². The van der Waals surface area contributed by atoms with Crippen molar-refractivity contribution in [2.24, 2.45) is 0 Å². The fourth-order valence-electron chi connectivity index (χ4n) is 3.81. The van der Waals surface area contributed by atoms with Gasteiger partial charge in [0, 0.05) is 30.8 Å². The molecule has 0 radical (unpaired) electrons. The van der Waals surface area contributed by atoms with E-state index in [0.717, 1.165) is 23.2 Å². The summed E-state index contributed by atoms with van der Waals surface area (Å²) in [6.07, 6.45) is 0.878. The lowest BCUT2D eigenvalue weighted by molar-refractivity contribution is -0.121. The van der Waals surface area contributed by atoms with Crippen LogP contribution in [0.25, 0.3) is 0 Å². The van der Waals surface area contributed by atoms with Gasteiger partial charge < -0.3 is 10.2 Å². The number of anilines is 1. The minimum absolute atomic E-state index is 0.0100. The molecular weight excluding hydrogens is 392 g/mol. The van der Waals surface area contributed by atoms with Gasteiger partial charge in [-0.25, -0.2) is 4.68 Å². The number of hydrogen-bond donors (Lipinski definition) is 1. The molecule has 1 N–H and O–H groups in total. The number of carbonyl (C=O) groups excluding carboxylic acids is 2. The van der Waals surface area contributed by atoms with Crippen molar-refractivity contribution in [1.29, 1.82) is 0 Å². The summed E-state index contributed by atoms with van der Waals surface area (Å²) in [4.78, 5) is 39.3. The van der Waals surface area contributed by atoms with Gasteiger partial charge in [0.2, 0.25) is 5.91 Å². The van der Waals surface area contributed by atoms with Crippen LogP contribution in [0.2, 0.25) is 0 Å². The van der Waals surface area contributed by atoms with E-state index in [1.165, 1.54) is 16.8 Å². The Hall–Kier alpha value is -3.74. The van der Waals surface area contributed by atoms with Crippen LogP contribution < -0.4 is 15.8 Å². The second-order valence-electron chi connectivity index (χ2n) is 7.65. The van der Waals surface area contributed by atoms with Gasteiger partial charge in [-0.2, -0.15) is 5.10 Å². The monoisotopic (exact) mass is 416 g/mol. The molecule has 4 rings (SSSR count). The first kappa shape index (κ1) is 20.5. The van der Waals surface area contributed by atoms with Gasteiger partial charge in [0.1, 0.15) is 5.69 Å². The van der Waals surface area contributed by atoms with Crippen molar-refractivity contribution in [2.75, 3.05) is 4.90 Å². The van der Waals surface area contributed by atoms with Crippen molar-refractivity contribution >= 4 is 17.5 Å². The zero-order valence-electron chi connectivity index (χ0n) is 17.3. The molecule has 2 aromatic carbocycles. The molecular formula is C24H24N4O3. The lowest BCUT2D eigenvalue weighted by atomic mass is 10.1. The fourth-order valence-corrected chi connectivity index (χ4v) is 3.81. The third-order valence-electron chi connectivity index (χ3n) is 5.39. The first-order valence-electron chi connectivity index (χ1n) is 10.3. The van der Waals surface area contributed by atoms with E-state index in [1.807, 2.05) is 61.5 Å². The van der Waals surface area contributed by atoms with Crippen molar-refractivity contribution in [3.63, 3.8) is 0 Å². The van der Waals surface area contributed by atoms with Gasteiger partial charge >= 0.3 is 0 Å². The minimum atomic E-state index is -0.345. The van der Waals surface area contributed by atoms with Crippen LogP contribution in [0.3, 0.4) is 0 Å². The normalized spacial score (nSPS) is 14.9. The summed E-state index contributed by atoms with van der Waals surface area (Å²) < 4.78 is 1.18. The van der Waals surface area contributed by atoms with E-state index in [9.17, 15) is 14.4 Å². The predicted molar refractivity (Wildman–Crippen MR) is 118 cm³/mol. The Balaban J connectivity index is 1.43. The van der Waals surface area contributed by atoms with Crippen LogP contribution in [0.1, 0.15) is 35.0 Å². The smallest absolute Gasteiger partial charge is 0.278 e. The number of rotatable bonds is 6. The lowest BCUT2D eigenvalue weighted by Gasteiger charge is -2.22. The van der Waals surface area contributed by atoms with Gasteiger partial charge in [0.25, 0.3) is 11.5 Å². The fraction of sp³-hybridized carbons (Fsp3) is 0.250. The summed E-state index contributed by atoms with van der Waals surface area (Å²) in [5.74, 6) is -0.434. The van der Waals surface area contributed by atoms with Crippen molar-refractivity contribution in [2.45, 2.75) is 38.9 Å². The largest absolute Gasteiger partial charge is 0.352 e. The number of nitrogens with zero attached hydrogens (tertiary/aromatic N) is 3. The molecule has 0 saturated carbocycles. The van der Waals surface area contributed by atoms with Crippen molar-refractivity contribution in [3.8, 4) is 0 Å². The minimum Gasteiger partial charge on any atom is -0.352 e. The molecule has 1 atom stereocenters. The zero-order valence-corrected chi connectivity index (χ0v) is 17.3. The average molecular weight is 416 g/mol. The van der Waals surface area contributed by atoms with Crippen molar-refractivity contribution in [1.82, 2.24) is 15.1 Å². The first-order chi connectivity index (χ1) is 15.0. The summed E-state index contributed by atoms with van der Waals surface area (Å²) in [5.41, 5.74) is 2.83. The highest BCUT2D eigenvalue weighted by atomic mass is 16.2. The Morgan fingerprint density at radius 2 is 1.77 bits per heavy atom. The maximum atomic E-state index is 13.1. The molecule has 0 bridgehead atoms. The topological polar surface area (TPSA) is 84.3 Å². The van der Waals surface area contributed by atoms with Crippen LogP contribution >= 0.6 is 0 Å². The van der Waals surface area contributed by atoms with Gasteiger partial charge in [-0.15, -0.1) is 0 Å². The molecule has 158 valence electrons. The number of aryl methyl sites for hydroxylation is 1. The Bertz CT molecular complexity index is 1160. The first-order valence-corrected chi connectivity index (χ1v) is 10.3. The maximum Gasteiger partial charge on any atom is 0.278 e. The molecule has 2 amide bonds. The van der Waals surface area contributed by atoms with E-state index in [-0.39, 0.29) is 42.1 Å². The van der Waals surface area contributed by atoms with E-state index in [4.69, 9.17) is 0 Å². The third-order valence-corrected chi connectivity index (χ3v) is 5.39. The summed E-state index contributed by atoms with van der Waals surface area (Å²) in [6, 6.07) is 20.2. The molecule has 1 aromatic heterocycles. The summed E-state index contributed by atoms with van der Waals surface area (Å²) in [6.45, 7) is 2.52. The second-order valence-corrected chi connectivity index (χ2v) is 7.65. The molecule has 0 spiro atoms. The van der Waals surface area contributed by atoms with Crippen LogP contribution in [0.4, 0.5) is 5.69 Å². The molecule has 0 aliphatic carbocycles. The number of para-hydroxylation sites is 1. The Morgan fingerprint density at radius 1 is 1.03 bits per heavy atom. The van der Waals surface area contributed by atoms with Gasteiger partial charge in [-0.05, 0) is 36.6 Å². The number of amides is 2. The number of carbonyl (C=O) groups is 2. The van der Waals surface area contributed by atoms with Crippen molar-refractivity contribution in [3.05, 3.63) is 93.9 Å². The summed E-state index contributed by atoms with van der Waals surface area (Å²) >= 11 is 0. The average Bonchev–Trinajstić information content (AvgIpc) is 3.13. The molecule has 7 nitrogen and oxygen atoms in total. The van der Waals surface area contributed by atoms with Gasteiger partial charge in [-0.1, -0.05) is 48.5 Å². The molecule has 1 aliphatic heterocycles. The number of hydrogen-bond acceptors (Lipinski definition) is 4. The van der Waals surface area contributed by atoms with Gasteiger partial charge in [0.15, 0.2) is 0 Å². The van der Waals surface area contributed by atoms with E-state index in [0.29, 0.717) is 6.54 Å². The Labute approximate surface area is 180 Å². The quantitative estimate of drug-likeness (QED) is 0.669. The molecule has 1 aliphatic rings. The number of benzene rings is 2. The lowest BCUT2D eigenvalue weighted by Crippen LogP contribution is -2.38. The Kier molecular flexibility index (Phi) is 5.93. The highest BCUT2D eigenvalue weighted by Crippen LogP contribution is 2.32. The molecule has 2 heterocycles. The van der Waals surface area contributed by atoms with Crippen LogP contribution in [0, 0.1) is 0 Å². The predicted octanol–water partition coefficient (Wildman–Crippen LogP) is 2.54. The van der Waals surface area contributed by atoms with Gasteiger partial charge in [-0.3, -0.25) is 14.4 Å². The summed E-state index contributed by atoms with van der Waals surface area (Å²) in [7, 11) is 0. The zero-order chi connectivity index (χ0) is 21.8. The van der Waals surface area contributed by atoms with Crippen LogP contribution in [-0.2, 0) is 24.3 Å². The Morgan fingerprint density at radius 3 is 2.58 bits per heavy atom. The standard InChI is InChI=1S/C24H24N4O3/c1-17-15-19-9-5-6-10-21(19)28(17)24(31)20-11-12-23(30)27(26-20)14-13-22(29)25-16-18-7-3-2-4-8-18/h2-12,17H,13-16H2,1H3,(H,25,29)/t17-/m0/s1. The molecule has 3 aromatic rings. The van der Waals surface area contributed by atoms with E-state index >= 15 is 0 Å². The van der Waals surface area contributed by atoms with E-state index < -0.39 is 0 Å². The maximum absolute atomic E-state index is 13.1. The van der Waals surface area contributed by atoms with Crippen LogP contribution in [0.15, 0.2) is 71.5 Å². The molecule has 0 fully saturated rings. The molecule has 31 heavy (non-hydrogen) atoms. The van der Waals surface area contributed by atoms with Crippen LogP contribution in [-0.4, -0.2) is 27.6 Å².